The molecule has 3 aromatic rings. The van der Waals surface area contributed by atoms with Gasteiger partial charge in [0, 0.05) is 12.1 Å². The van der Waals surface area contributed by atoms with E-state index in [0.29, 0.717) is 43.5 Å². The van der Waals surface area contributed by atoms with E-state index < -0.39 is 24.6 Å². The molecule has 0 fully saturated rings. The number of carbonyl (C=O) groups excluding carboxylic acids is 1. The number of thiazole rings is 1. The van der Waals surface area contributed by atoms with Crippen molar-refractivity contribution in [2.45, 2.75) is 19.9 Å². The molecule has 210 valence electrons. The van der Waals surface area contributed by atoms with Gasteiger partial charge in [0.2, 0.25) is 0 Å². The fraction of sp³-hybridized carbons (Fsp3) is 0.286. The summed E-state index contributed by atoms with van der Waals surface area (Å²) >= 11 is 7.30. The van der Waals surface area contributed by atoms with E-state index in [4.69, 9.17) is 35.7 Å². The molecule has 2 heterocycles. The Bertz CT molecular complexity index is 1630. The highest BCUT2D eigenvalue weighted by atomic mass is 35.5. The molecule has 1 N–H and O–H groups in total. The molecular formula is C28H27ClN2O8S. The van der Waals surface area contributed by atoms with Gasteiger partial charge in [-0.1, -0.05) is 41.1 Å². The lowest BCUT2D eigenvalue weighted by Crippen LogP contribution is -2.40. The molecular weight excluding hydrogens is 560 g/mol. The molecule has 1 aromatic heterocycles. The van der Waals surface area contributed by atoms with Crippen LogP contribution in [0.4, 0.5) is 0 Å². The molecule has 12 heteroatoms. The first-order valence-electron chi connectivity index (χ1n) is 12.3. The number of esters is 1. The van der Waals surface area contributed by atoms with Crippen LogP contribution in [0.3, 0.4) is 0 Å². The number of hydrogen-bond donors (Lipinski definition) is 1. The van der Waals surface area contributed by atoms with Crippen molar-refractivity contribution in [2.75, 3.05) is 33.5 Å². The molecule has 1 unspecified atom stereocenters. The van der Waals surface area contributed by atoms with Gasteiger partial charge in [0.25, 0.3) is 5.56 Å². The van der Waals surface area contributed by atoms with Gasteiger partial charge in [-0.3, -0.25) is 9.36 Å². The molecule has 2 aromatic carbocycles. The first kappa shape index (κ1) is 29.1. The molecule has 0 amide bonds. The van der Waals surface area contributed by atoms with E-state index in [9.17, 15) is 14.4 Å². The Hall–Kier alpha value is -3.93. The lowest BCUT2D eigenvalue weighted by Gasteiger charge is -2.24. The predicted molar refractivity (Wildman–Crippen MR) is 149 cm³/mol. The van der Waals surface area contributed by atoms with E-state index in [1.165, 1.54) is 23.0 Å². The highest BCUT2D eigenvalue weighted by Crippen LogP contribution is 2.32. The number of aromatic nitrogens is 1. The first-order chi connectivity index (χ1) is 19.2. The Labute approximate surface area is 238 Å². The summed E-state index contributed by atoms with van der Waals surface area (Å²) in [6.45, 7) is 3.60. The Kier molecular flexibility index (Phi) is 9.41. The number of hydrogen-bond acceptors (Lipinski definition) is 9. The number of benzene rings is 2. The summed E-state index contributed by atoms with van der Waals surface area (Å²) in [5.41, 5.74) is 1.64. The zero-order valence-corrected chi connectivity index (χ0v) is 23.6. The van der Waals surface area contributed by atoms with Crippen LogP contribution in [0.25, 0.3) is 6.08 Å². The number of aliphatic carboxylic acids is 1. The van der Waals surface area contributed by atoms with Gasteiger partial charge in [0.05, 0.1) is 35.1 Å². The maximum Gasteiger partial charge on any atom is 0.341 e. The second-order valence-corrected chi connectivity index (χ2v) is 10.0. The lowest BCUT2D eigenvalue weighted by molar-refractivity contribution is -0.141. The maximum absolute atomic E-state index is 13.8. The minimum atomic E-state index is -1.11. The van der Waals surface area contributed by atoms with E-state index in [-0.39, 0.29) is 30.1 Å². The number of ether oxygens (including phenoxy) is 4. The number of carboxylic acids is 1. The molecule has 10 nitrogen and oxygen atoms in total. The van der Waals surface area contributed by atoms with E-state index in [1.54, 1.807) is 62.4 Å². The van der Waals surface area contributed by atoms with Crippen LogP contribution in [0.1, 0.15) is 31.0 Å². The molecule has 1 atom stereocenters. The van der Waals surface area contributed by atoms with Gasteiger partial charge >= 0.3 is 11.9 Å². The fourth-order valence-corrected chi connectivity index (χ4v) is 5.30. The first-order valence-corrected chi connectivity index (χ1v) is 13.5. The summed E-state index contributed by atoms with van der Waals surface area (Å²) in [6.07, 6.45) is 1.68. The van der Waals surface area contributed by atoms with Crippen molar-refractivity contribution < 1.29 is 33.6 Å². The number of carbonyl (C=O) groups is 2. The average molecular weight is 587 g/mol. The van der Waals surface area contributed by atoms with Gasteiger partial charge in [0.15, 0.2) is 22.9 Å². The molecule has 0 aliphatic carbocycles. The van der Waals surface area contributed by atoms with E-state index in [2.05, 4.69) is 4.99 Å². The maximum atomic E-state index is 13.8. The number of nitrogens with zero attached hydrogens (tertiary/aromatic N) is 2. The lowest BCUT2D eigenvalue weighted by atomic mass is 9.96. The quantitative estimate of drug-likeness (QED) is 0.268. The number of fused-ring (bicyclic) bond motifs is 1. The van der Waals surface area contributed by atoms with Gasteiger partial charge in [-0.05, 0) is 55.3 Å². The fourth-order valence-electron chi connectivity index (χ4n) is 4.13. The molecule has 0 spiro atoms. The molecule has 0 saturated heterocycles. The monoisotopic (exact) mass is 586 g/mol. The van der Waals surface area contributed by atoms with Gasteiger partial charge in [-0.25, -0.2) is 14.6 Å². The zero-order chi connectivity index (χ0) is 28.8. The summed E-state index contributed by atoms with van der Waals surface area (Å²) in [6, 6.07) is 11.1. The Morgan fingerprint density at radius 1 is 1.12 bits per heavy atom. The highest BCUT2D eigenvalue weighted by Gasteiger charge is 2.33. The summed E-state index contributed by atoms with van der Waals surface area (Å²) in [5.74, 6) is -1.08. The number of rotatable bonds is 11. The van der Waals surface area contributed by atoms with Crippen LogP contribution in [-0.4, -0.2) is 55.1 Å². The van der Waals surface area contributed by atoms with Crippen LogP contribution >= 0.6 is 22.9 Å². The molecule has 4 rings (SSSR count). The summed E-state index contributed by atoms with van der Waals surface area (Å²) in [5, 5.41) is 9.45. The number of methoxy groups -OCH3 is 1. The molecule has 0 radical (unpaired) electrons. The Morgan fingerprint density at radius 2 is 1.88 bits per heavy atom. The van der Waals surface area contributed by atoms with Crippen LogP contribution in [0.2, 0.25) is 5.02 Å². The van der Waals surface area contributed by atoms with Gasteiger partial charge < -0.3 is 24.1 Å². The van der Waals surface area contributed by atoms with Crippen LogP contribution < -0.4 is 24.4 Å². The smallest absolute Gasteiger partial charge is 0.341 e. The Morgan fingerprint density at radius 3 is 2.55 bits per heavy atom. The minimum absolute atomic E-state index is 0.0538. The standard InChI is InChI=1S/C28H27ClN2O8S/c1-4-37-21-13-17(5-10-20(21)39-15-23(32)33)14-22-26(34)31-25(18-6-8-19(29)9-7-18)24(16(2)30-28(31)40-22)27(35)38-12-11-36-3/h5-10,13-14,25H,4,11-12,15H2,1-3H3,(H,32,33). The van der Waals surface area contributed by atoms with Crippen molar-refractivity contribution in [1.82, 2.24) is 4.57 Å². The highest BCUT2D eigenvalue weighted by molar-refractivity contribution is 7.07. The van der Waals surface area contributed by atoms with E-state index >= 15 is 0 Å². The normalized spacial score (nSPS) is 14.9. The van der Waals surface area contributed by atoms with Crippen LogP contribution in [0, 0.1) is 0 Å². The van der Waals surface area contributed by atoms with Crippen molar-refractivity contribution in [3.8, 4) is 11.5 Å². The third-order valence-electron chi connectivity index (χ3n) is 5.86. The van der Waals surface area contributed by atoms with Crippen LogP contribution in [-0.2, 0) is 19.1 Å². The van der Waals surface area contributed by atoms with Gasteiger partial charge in [-0.15, -0.1) is 0 Å². The Balaban J connectivity index is 1.81. The predicted octanol–water partition coefficient (Wildman–Crippen LogP) is 2.94. The average Bonchev–Trinajstić information content (AvgIpc) is 3.22. The second kappa shape index (κ2) is 12.9. The second-order valence-electron chi connectivity index (χ2n) is 8.58. The van der Waals surface area contributed by atoms with E-state index in [1.807, 2.05) is 0 Å². The van der Waals surface area contributed by atoms with Gasteiger partial charge in [-0.2, -0.15) is 0 Å². The SMILES string of the molecule is CCOc1cc(C=c2sc3n(c2=O)C(c2ccc(Cl)cc2)C(C(=O)OCCOC)=C(C)N=3)ccc1OCC(=O)O. The van der Waals surface area contributed by atoms with Crippen molar-refractivity contribution in [3.63, 3.8) is 0 Å². The molecule has 0 bridgehead atoms. The number of halogens is 1. The molecule has 1 aliphatic rings. The topological polar surface area (TPSA) is 126 Å². The van der Waals surface area contributed by atoms with Crippen LogP contribution in [0.15, 0.2) is 63.5 Å². The molecule has 1 aliphatic heterocycles. The summed E-state index contributed by atoms with van der Waals surface area (Å²) in [7, 11) is 1.51. The molecule has 40 heavy (non-hydrogen) atoms. The third kappa shape index (κ3) is 6.44. The van der Waals surface area contributed by atoms with Crippen molar-refractivity contribution in [3.05, 3.63) is 89.6 Å². The number of allylic oxidation sites excluding steroid dienone is 1. The summed E-state index contributed by atoms with van der Waals surface area (Å²) < 4.78 is 23.2. The molecule has 0 saturated carbocycles. The van der Waals surface area contributed by atoms with Gasteiger partial charge in [0.1, 0.15) is 6.61 Å². The number of carboxylic acid groups (broad SMARTS) is 1. The zero-order valence-electron chi connectivity index (χ0n) is 22.0. The summed E-state index contributed by atoms with van der Waals surface area (Å²) in [4.78, 5) is 42.9. The van der Waals surface area contributed by atoms with Crippen LogP contribution in [0.5, 0.6) is 11.5 Å². The van der Waals surface area contributed by atoms with E-state index in [0.717, 1.165) is 0 Å². The van der Waals surface area contributed by atoms with Crippen molar-refractivity contribution in [1.29, 1.82) is 0 Å². The van der Waals surface area contributed by atoms with Crippen molar-refractivity contribution >= 4 is 41.0 Å². The largest absolute Gasteiger partial charge is 0.490 e. The van der Waals surface area contributed by atoms with Crippen molar-refractivity contribution in [2.24, 2.45) is 4.99 Å². The minimum Gasteiger partial charge on any atom is -0.490 e. The third-order valence-corrected chi connectivity index (χ3v) is 7.10.